The Labute approximate surface area is 284 Å². The van der Waals surface area contributed by atoms with Crippen molar-refractivity contribution in [2.45, 2.75) is 32.1 Å². The molecule has 48 heavy (non-hydrogen) atoms. The molecule has 0 saturated carbocycles. The number of amides is 1. The number of carbonyl (C=O) groups is 2. The third kappa shape index (κ3) is 16.3. The van der Waals surface area contributed by atoms with E-state index in [9.17, 15) is 9.59 Å². The maximum Gasteiger partial charge on any atom is 0.407 e. The monoisotopic (exact) mass is 675 g/mol. The van der Waals surface area contributed by atoms with Crippen LogP contribution in [-0.4, -0.2) is 124 Å². The summed E-state index contributed by atoms with van der Waals surface area (Å²) in [4.78, 5) is 23.4. The van der Waals surface area contributed by atoms with Crippen LogP contribution in [0.1, 0.15) is 43.2 Å². The summed E-state index contributed by atoms with van der Waals surface area (Å²) >= 11 is 0. The van der Waals surface area contributed by atoms with Crippen LogP contribution >= 0.6 is 0 Å². The number of alkyl carbamates (subject to hydrolysis) is 1. The Hall–Kier alpha value is -3.10. The molecule has 268 valence electrons. The molecule has 3 rings (SSSR count). The number of benzene rings is 2. The Kier molecular flexibility index (Phi) is 21.2. The van der Waals surface area contributed by atoms with E-state index in [2.05, 4.69) is 29.6 Å². The minimum atomic E-state index is -0.417. The topological polar surface area (TPSA) is 129 Å². The molecular formula is C36H53NO11. The highest BCUT2D eigenvalue weighted by Crippen LogP contribution is 2.44. The number of hydrogen-bond donors (Lipinski definition) is 1. The zero-order chi connectivity index (χ0) is 33.9. The largest absolute Gasteiger partial charge is 0.463 e. The Morgan fingerprint density at radius 1 is 0.562 bits per heavy atom. The fraction of sp³-hybridized carbons (Fsp3) is 0.611. The first-order chi connectivity index (χ1) is 23.7. The molecule has 0 unspecified atom stereocenters. The summed E-state index contributed by atoms with van der Waals surface area (Å²) in [6, 6.07) is 16.6. The fourth-order valence-corrected chi connectivity index (χ4v) is 4.93. The van der Waals surface area contributed by atoms with E-state index in [0.717, 1.165) is 6.42 Å². The normalized spacial score (nSPS) is 12.1. The second kappa shape index (κ2) is 25.9. The van der Waals surface area contributed by atoms with Crippen molar-refractivity contribution in [2.75, 3.05) is 112 Å². The first-order valence-corrected chi connectivity index (χ1v) is 17.0. The highest BCUT2D eigenvalue weighted by molar-refractivity contribution is 5.79. The molecule has 12 nitrogen and oxygen atoms in total. The fourth-order valence-electron chi connectivity index (χ4n) is 4.93. The number of hydrogen-bond acceptors (Lipinski definition) is 11. The van der Waals surface area contributed by atoms with Gasteiger partial charge in [0.2, 0.25) is 0 Å². The SMILES string of the molecule is CCCC(=O)OCCOCCOCCOCCOCCOCCOCCOCCCNC(=O)OCC1c2ccccc2-c2ccccc21. The zero-order valence-electron chi connectivity index (χ0n) is 28.3. The van der Waals surface area contributed by atoms with Crippen molar-refractivity contribution in [1.29, 1.82) is 0 Å². The number of esters is 1. The van der Waals surface area contributed by atoms with Crippen molar-refractivity contribution in [3.8, 4) is 11.1 Å². The molecule has 0 bridgehead atoms. The summed E-state index contributed by atoms with van der Waals surface area (Å²) in [6.07, 6.45) is 1.49. The van der Waals surface area contributed by atoms with Gasteiger partial charge in [0, 0.05) is 25.5 Å². The number of fused-ring (bicyclic) bond motifs is 3. The molecule has 0 atom stereocenters. The molecule has 0 radical (unpaired) electrons. The van der Waals surface area contributed by atoms with Crippen molar-refractivity contribution in [3.05, 3.63) is 59.7 Å². The second-order valence-electron chi connectivity index (χ2n) is 10.9. The van der Waals surface area contributed by atoms with Gasteiger partial charge in [-0.15, -0.1) is 0 Å². The van der Waals surface area contributed by atoms with Gasteiger partial charge in [0.15, 0.2) is 0 Å². The van der Waals surface area contributed by atoms with Crippen LogP contribution in [0.4, 0.5) is 4.79 Å². The molecule has 12 heteroatoms. The molecular weight excluding hydrogens is 622 g/mol. The minimum absolute atomic E-state index is 0.0497. The van der Waals surface area contributed by atoms with Gasteiger partial charge in [0.1, 0.15) is 13.2 Å². The molecule has 1 amide bonds. The van der Waals surface area contributed by atoms with Gasteiger partial charge in [0.25, 0.3) is 0 Å². The van der Waals surface area contributed by atoms with Crippen LogP contribution in [0.25, 0.3) is 11.1 Å². The standard InChI is InChI=1S/C36H53NO11/c1-2-8-35(38)47-28-27-46-26-25-45-24-23-44-22-21-43-20-19-42-18-17-41-16-15-40-14-7-13-37-36(39)48-29-34-32-11-5-3-9-30(32)31-10-4-6-12-33(31)34/h3-6,9-12,34H,2,7-8,13-29H2,1H3,(H,37,39). The molecule has 1 N–H and O–H groups in total. The van der Waals surface area contributed by atoms with Gasteiger partial charge < -0.3 is 47.9 Å². The summed E-state index contributed by atoms with van der Waals surface area (Å²) in [5.41, 5.74) is 4.80. The molecule has 0 spiro atoms. The molecule has 0 heterocycles. The summed E-state index contributed by atoms with van der Waals surface area (Å²) < 4.78 is 48.8. The molecule has 0 aromatic heterocycles. The Morgan fingerprint density at radius 2 is 0.979 bits per heavy atom. The lowest BCUT2D eigenvalue weighted by atomic mass is 9.98. The Balaban J connectivity index is 0.994. The van der Waals surface area contributed by atoms with E-state index in [4.69, 9.17) is 42.6 Å². The maximum atomic E-state index is 12.2. The maximum absolute atomic E-state index is 12.2. The van der Waals surface area contributed by atoms with E-state index in [1.165, 1.54) is 22.3 Å². The van der Waals surface area contributed by atoms with E-state index in [1.807, 2.05) is 31.2 Å². The second-order valence-corrected chi connectivity index (χ2v) is 10.9. The van der Waals surface area contributed by atoms with Crippen molar-refractivity contribution in [1.82, 2.24) is 5.32 Å². The minimum Gasteiger partial charge on any atom is -0.463 e. The van der Waals surface area contributed by atoms with Crippen molar-refractivity contribution < 1.29 is 52.2 Å². The quantitative estimate of drug-likeness (QED) is 0.0975. The lowest BCUT2D eigenvalue weighted by Crippen LogP contribution is -2.27. The third-order valence-corrected chi connectivity index (χ3v) is 7.26. The molecule has 2 aromatic carbocycles. The van der Waals surface area contributed by atoms with E-state index < -0.39 is 6.09 Å². The number of nitrogens with one attached hydrogen (secondary N) is 1. The first-order valence-electron chi connectivity index (χ1n) is 17.0. The average Bonchev–Trinajstić information content (AvgIpc) is 3.42. The highest BCUT2D eigenvalue weighted by atomic mass is 16.6. The molecule has 0 aliphatic heterocycles. The smallest absolute Gasteiger partial charge is 0.407 e. The summed E-state index contributed by atoms with van der Waals surface area (Å²) in [7, 11) is 0. The van der Waals surface area contributed by atoms with E-state index in [0.29, 0.717) is 118 Å². The number of rotatable bonds is 29. The predicted molar refractivity (Wildman–Crippen MR) is 179 cm³/mol. The van der Waals surface area contributed by atoms with Gasteiger partial charge in [-0.05, 0) is 35.1 Å². The summed E-state index contributed by atoms with van der Waals surface area (Å²) in [6.45, 7) is 9.59. The molecule has 0 fully saturated rings. The molecule has 0 saturated heterocycles. The molecule has 1 aliphatic carbocycles. The predicted octanol–water partition coefficient (Wildman–Crippen LogP) is 4.37. The van der Waals surface area contributed by atoms with Crippen LogP contribution in [0.3, 0.4) is 0 Å². The van der Waals surface area contributed by atoms with Crippen molar-refractivity contribution >= 4 is 12.1 Å². The lowest BCUT2D eigenvalue weighted by Gasteiger charge is -2.14. The van der Waals surface area contributed by atoms with Gasteiger partial charge in [0.05, 0.1) is 85.9 Å². The van der Waals surface area contributed by atoms with Crippen LogP contribution in [0.15, 0.2) is 48.5 Å². The van der Waals surface area contributed by atoms with Crippen LogP contribution < -0.4 is 5.32 Å². The van der Waals surface area contributed by atoms with Gasteiger partial charge >= 0.3 is 12.1 Å². The van der Waals surface area contributed by atoms with E-state index >= 15 is 0 Å². The van der Waals surface area contributed by atoms with E-state index in [1.54, 1.807) is 0 Å². The zero-order valence-corrected chi connectivity index (χ0v) is 28.3. The van der Waals surface area contributed by atoms with Crippen LogP contribution in [0.5, 0.6) is 0 Å². The lowest BCUT2D eigenvalue weighted by molar-refractivity contribution is -0.145. The molecule has 2 aromatic rings. The van der Waals surface area contributed by atoms with Crippen LogP contribution in [0, 0.1) is 0 Å². The van der Waals surface area contributed by atoms with Crippen molar-refractivity contribution in [2.24, 2.45) is 0 Å². The van der Waals surface area contributed by atoms with Gasteiger partial charge in [-0.25, -0.2) is 4.79 Å². The van der Waals surface area contributed by atoms with E-state index in [-0.39, 0.29) is 18.5 Å². The third-order valence-electron chi connectivity index (χ3n) is 7.26. The summed E-state index contributed by atoms with van der Waals surface area (Å²) in [5, 5.41) is 2.80. The molecule has 1 aliphatic rings. The van der Waals surface area contributed by atoms with Crippen LogP contribution in [-0.2, 0) is 47.4 Å². The number of carbonyl (C=O) groups excluding carboxylic acids is 2. The van der Waals surface area contributed by atoms with Gasteiger partial charge in [-0.3, -0.25) is 4.79 Å². The first kappa shape index (κ1) is 39.3. The van der Waals surface area contributed by atoms with Crippen LogP contribution in [0.2, 0.25) is 0 Å². The highest BCUT2D eigenvalue weighted by Gasteiger charge is 2.28. The van der Waals surface area contributed by atoms with Gasteiger partial charge in [-0.1, -0.05) is 55.5 Å². The Morgan fingerprint density at radius 3 is 1.44 bits per heavy atom. The average molecular weight is 676 g/mol. The summed E-state index contributed by atoms with van der Waals surface area (Å²) in [5.74, 6) is -0.142. The Bertz CT molecular complexity index is 1100. The number of ether oxygens (including phenoxy) is 9. The van der Waals surface area contributed by atoms with Gasteiger partial charge in [-0.2, -0.15) is 0 Å². The van der Waals surface area contributed by atoms with Crippen molar-refractivity contribution in [3.63, 3.8) is 0 Å².